The number of aromatic nitrogens is 1. The molecule has 0 saturated carbocycles. The Hall–Kier alpha value is -2.99. The summed E-state index contributed by atoms with van der Waals surface area (Å²) < 4.78 is 28.8. The molecule has 3 rings (SSSR count). The summed E-state index contributed by atoms with van der Waals surface area (Å²) >= 11 is 0. The van der Waals surface area contributed by atoms with Gasteiger partial charge in [0, 0.05) is 22.9 Å². The first-order valence-electron chi connectivity index (χ1n) is 10.4. The summed E-state index contributed by atoms with van der Waals surface area (Å²) in [6.45, 7) is 6.02. The normalized spacial score (nSPS) is 11.7. The molecule has 0 unspecified atom stereocenters. The summed E-state index contributed by atoms with van der Waals surface area (Å²) in [5, 5.41) is 6.83. The Morgan fingerprint density at radius 2 is 1.72 bits per heavy atom. The molecule has 8 heteroatoms. The minimum atomic E-state index is -3.17. The minimum absolute atomic E-state index is 0.178. The van der Waals surface area contributed by atoms with Gasteiger partial charge in [-0.25, -0.2) is 0 Å². The highest BCUT2D eigenvalue weighted by atomic mass is 31.2. The molecule has 7 nitrogen and oxygen atoms in total. The first kappa shape index (κ1) is 23.7. The molecule has 1 N–H and O–H groups in total. The molecule has 0 atom stereocenters. The smallest absolute Gasteiger partial charge is 0.335 e. The number of carbonyl (C=O) groups is 1. The van der Waals surface area contributed by atoms with Crippen LogP contribution in [0, 0.1) is 6.92 Å². The molecule has 3 aromatic rings. The van der Waals surface area contributed by atoms with Gasteiger partial charge in [-0.1, -0.05) is 47.6 Å². The molecule has 32 heavy (non-hydrogen) atoms. The molecule has 1 amide bonds. The number of anilines is 1. The van der Waals surface area contributed by atoms with E-state index in [4.69, 9.17) is 13.6 Å². The van der Waals surface area contributed by atoms with Crippen LogP contribution in [0.5, 0.6) is 0 Å². The molecule has 2 aromatic carbocycles. The lowest BCUT2D eigenvalue weighted by Crippen LogP contribution is -2.07. The zero-order valence-electron chi connectivity index (χ0n) is 18.4. The van der Waals surface area contributed by atoms with Crippen molar-refractivity contribution in [2.45, 2.75) is 26.9 Å². The van der Waals surface area contributed by atoms with Crippen molar-refractivity contribution in [2.24, 2.45) is 0 Å². The highest BCUT2D eigenvalue weighted by Crippen LogP contribution is 2.51. The van der Waals surface area contributed by atoms with Crippen LogP contribution >= 0.6 is 7.60 Å². The van der Waals surface area contributed by atoms with Gasteiger partial charge >= 0.3 is 7.60 Å². The van der Waals surface area contributed by atoms with Gasteiger partial charge in [0.1, 0.15) is 0 Å². The molecule has 0 aliphatic carbocycles. The Morgan fingerprint density at radius 1 is 1.06 bits per heavy atom. The molecule has 0 spiro atoms. The Morgan fingerprint density at radius 3 is 2.34 bits per heavy atom. The lowest BCUT2D eigenvalue weighted by Gasteiger charge is -2.17. The molecule has 168 valence electrons. The number of hydrogen-bond acceptors (Lipinski definition) is 6. The van der Waals surface area contributed by atoms with E-state index in [0.29, 0.717) is 30.4 Å². The van der Waals surface area contributed by atoms with E-state index in [9.17, 15) is 9.36 Å². The summed E-state index contributed by atoms with van der Waals surface area (Å²) in [5.41, 5.74) is 3.77. The van der Waals surface area contributed by atoms with E-state index in [0.717, 1.165) is 16.7 Å². The van der Waals surface area contributed by atoms with Crippen LogP contribution in [0.3, 0.4) is 0 Å². The monoisotopic (exact) mass is 454 g/mol. The summed E-state index contributed by atoms with van der Waals surface area (Å²) in [4.78, 5) is 12.4. The van der Waals surface area contributed by atoms with Gasteiger partial charge in [0.05, 0.1) is 25.1 Å². The number of aryl methyl sites for hydroxylation is 1. The Labute approximate surface area is 188 Å². The van der Waals surface area contributed by atoms with Gasteiger partial charge < -0.3 is 18.9 Å². The summed E-state index contributed by atoms with van der Waals surface area (Å²) in [5.74, 6) is 0.330. The van der Waals surface area contributed by atoms with Crippen LogP contribution in [0.25, 0.3) is 17.4 Å². The SMILES string of the molecule is CCOP(=O)(Cc1ccc(NC(=O)C=Cc2c(C)noc2-c2ccccc2)cc1)OCC. The maximum atomic E-state index is 12.7. The van der Waals surface area contributed by atoms with E-state index >= 15 is 0 Å². The maximum absolute atomic E-state index is 12.7. The number of benzene rings is 2. The number of amides is 1. The van der Waals surface area contributed by atoms with E-state index in [1.807, 2.05) is 37.3 Å². The second-order valence-corrected chi connectivity index (χ2v) is 9.06. The number of carbonyl (C=O) groups excluding carboxylic acids is 1. The van der Waals surface area contributed by atoms with Gasteiger partial charge in [-0.3, -0.25) is 9.36 Å². The van der Waals surface area contributed by atoms with E-state index in [-0.39, 0.29) is 12.1 Å². The zero-order valence-corrected chi connectivity index (χ0v) is 19.3. The van der Waals surface area contributed by atoms with Crippen LogP contribution in [-0.2, 0) is 24.6 Å². The Balaban J connectivity index is 1.66. The van der Waals surface area contributed by atoms with E-state index < -0.39 is 7.60 Å². The summed E-state index contributed by atoms with van der Waals surface area (Å²) in [6, 6.07) is 16.7. The van der Waals surface area contributed by atoms with Crippen molar-refractivity contribution < 1.29 is 22.9 Å². The first-order chi connectivity index (χ1) is 15.4. The van der Waals surface area contributed by atoms with Crippen molar-refractivity contribution >= 4 is 25.3 Å². The molecule has 0 saturated heterocycles. The van der Waals surface area contributed by atoms with Crippen molar-refractivity contribution in [2.75, 3.05) is 18.5 Å². The molecule has 0 aliphatic rings. The number of nitrogens with one attached hydrogen (secondary N) is 1. The van der Waals surface area contributed by atoms with Crippen molar-refractivity contribution in [3.8, 4) is 11.3 Å². The number of nitrogens with zero attached hydrogens (tertiary/aromatic N) is 1. The van der Waals surface area contributed by atoms with Gasteiger partial charge in [-0.2, -0.15) is 0 Å². The quantitative estimate of drug-likeness (QED) is 0.295. The zero-order chi connectivity index (χ0) is 23.0. The molecule has 0 bridgehead atoms. The largest absolute Gasteiger partial charge is 0.355 e. The highest BCUT2D eigenvalue weighted by molar-refractivity contribution is 7.53. The molecule has 0 aliphatic heterocycles. The predicted molar refractivity (Wildman–Crippen MR) is 125 cm³/mol. The number of hydrogen-bond donors (Lipinski definition) is 1. The first-order valence-corrected chi connectivity index (χ1v) is 12.1. The van der Waals surface area contributed by atoms with Crippen LogP contribution in [0.15, 0.2) is 65.2 Å². The van der Waals surface area contributed by atoms with E-state index in [1.165, 1.54) is 6.08 Å². The summed E-state index contributed by atoms with van der Waals surface area (Å²) in [7, 11) is -3.17. The van der Waals surface area contributed by atoms with Crippen molar-refractivity contribution in [1.29, 1.82) is 0 Å². The molecule has 1 aromatic heterocycles. The second kappa shape index (κ2) is 11.0. The van der Waals surface area contributed by atoms with Gasteiger partial charge in [-0.15, -0.1) is 0 Å². The van der Waals surface area contributed by atoms with Gasteiger partial charge in [0.25, 0.3) is 0 Å². The Kier molecular flexibility index (Phi) is 8.17. The average Bonchev–Trinajstić information content (AvgIpc) is 3.15. The molecular formula is C24H27N2O5P. The lowest BCUT2D eigenvalue weighted by atomic mass is 10.1. The van der Waals surface area contributed by atoms with Crippen molar-refractivity contribution in [3.63, 3.8) is 0 Å². The van der Waals surface area contributed by atoms with Crippen LogP contribution in [-0.4, -0.2) is 24.3 Å². The standard InChI is InChI=1S/C24H27N2O5P/c1-4-29-32(28,30-5-2)17-19-11-13-21(14-12-19)25-23(27)16-15-22-18(3)26-31-24(22)20-9-7-6-8-10-20/h6-16H,4-5,17H2,1-3H3,(H,25,27). The van der Waals surface area contributed by atoms with Crippen molar-refractivity contribution in [3.05, 3.63) is 77.5 Å². The van der Waals surface area contributed by atoms with Gasteiger partial charge in [-0.05, 0) is 44.5 Å². The topological polar surface area (TPSA) is 90.7 Å². The van der Waals surface area contributed by atoms with Crippen LogP contribution in [0.1, 0.15) is 30.7 Å². The van der Waals surface area contributed by atoms with Crippen molar-refractivity contribution in [1.82, 2.24) is 5.16 Å². The second-order valence-electron chi connectivity index (χ2n) is 7.00. The van der Waals surface area contributed by atoms with E-state index in [1.54, 1.807) is 44.2 Å². The number of rotatable bonds is 10. The predicted octanol–water partition coefficient (Wildman–Crippen LogP) is 6.07. The van der Waals surface area contributed by atoms with E-state index in [2.05, 4.69) is 10.5 Å². The molecule has 0 fully saturated rings. The van der Waals surface area contributed by atoms with Gasteiger partial charge in [0.15, 0.2) is 5.76 Å². The highest BCUT2D eigenvalue weighted by Gasteiger charge is 2.23. The molecule has 0 radical (unpaired) electrons. The molecule has 1 heterocycles. The fraction of sp³-hybridized carbons (Fsp3) is 0.250. The fourth-order valence-corrected chi connectivity index (χ4v) is 4.85. The average molecular weight is 454 g/mol. The lowest BCUT2D eigenvalue weighted by molar-refractivity contribution is -0.111. The Bertz CT molecular complexity index is 1100. The van der Waals surface area contributed by atoms with Gasteiger partial charge in [0.2, 0.25) is 5.91 Å². The van der Waals surface area contributed by atoms with Crippen LogP contribution in [0.4, 0.5) is 5.69 Å². The third-order valence-corrected chi connectivity index (χ3v) is 6.65. The summed E-state index contributed by atoms with van der Waals surface area (Å²) in [6.07, 6.45) is 3.31. The molecular weight excluding hydrogens is 427 g/mol. The third kappa shape index (κ3) is 6.26. The van der Waals surface area contributed by atoms with Crippen LogP contribution in [0.2, 0.25) is 0 Å². The maximum Gasteiger partial charge on any atom is 0.335 e. The third-order valence-electron chi connectivity index (χ3n) is 4.59. The van der Waals surface area contributed by atoms with Crippen LogP contribution < -0.4 is 5.32 Å². The fourth-order valence-electron chi connectivity index (χ4n) is 3.15. The minimum Gasteiger partial charge on any atom is -0.355 e.